The van der Waals surface area contributed by atoms with E-state index in [2.05, 4.69) is 38.0 Å². The number of anilines is 1. The van der Waals surface area contributed by atoms with Gasteiger partial charge >= 0.3 is 0 Å². The van der Waals surface area contributed by atoms with Gasteiger partial charge in [0.1, 0.15) is 0 Å². The maximum Gasteiger partial charge on any atom is 0.258 e. The van der Waals surface area contributed by atoms with E-state index in [1.807, 2.05) is 24.4 Å². The Kier molecular flexibility index (Phi) is 3.70. The molecule has 0 amide bonds. The van der Waals surface area contributed by atoms with Gasteiger partial charge in [-0.05, 0) is 52.2 Å². The van der Waals surface area contributed by atoms with Crippen LogP contribution in [0.3, 0.4) is 0 Å². The van der Waals surface area contributed by atoms with E-state index in [1.165, 1.54) is 0 Å². The molecule has 2 aromatic heterocycles. The molecule has 1 aromatic carbocycles. The number of pyridine rings is 1. The summed E-state index contributed by atoms with van der Waals surface area (Å²) >= 11 is 3.39. The molecule has 0 saturated heterocycles. The average Bonchev–Trinajstić information content (AvgIpc) is 2.99. The van der Waals surface area contributed by atoms with Gasteiger partial charge in [-0.3, -0.25) is 4.98 Å². The van der Waals surface area contributed by atoms with Gasteiger partial charge in [-0.2, -0.15) is 4.98 Å². The lowest BCUT2D eigenvalue weighted by Gasteiger charge is -2.01. The number of nitrogen functional groups attached to an aromatic ring is 1. The maximum atomic E-state index is 5.78. The van der Waals surface area contributed by atoms with Crippen molar-refractivity contribution < 1.29 is 4.52 Å². The fourth-order valence-corrected chi connectivity index (χ4v) is 2.42. The number of nitrogens with two attached hydrogens (primary N) is 1. The van der Waals surface area contributed by atoms with Crippen LogP contribution in [0.2, 0.25) is 0 Å². The summed E-state index contributed by atoms with van der Waals surface area (Å²) in [6, 6.07) is 7.41. The van der Waals surface area contributed by atoms with Crippen molar-refractivity contribution in [2.24, 2.45) is 0 Å². The molecular formula is C15H13BrN4O. The third-order valence-corrected chi connectivity index (χ3v) is 3.89. The molecule has 0 unspecified atom stereocenters. The third-order valence-electron chi connectivity index (χ3n) is 3.20. The van der Waals surface area contributed by atoms with Crippen LogP contribution in [0.15, 0.2) is 45.7 Å². The lowest BCUT2D eigenvalue weighted by Crippen LogP contribution is -1.90. The molecule has 0 aliphatic carbocycles. The zero-order valence-corrected chi connectivity index (χ0v) is 13.0. The molecule has 2 heterocycles. The Morgan fingerprint density at radius 2 is 2.14 bits per heavy atom. The smallest absolute Gasteiger partial charge is 0.258 e. The highest BCUT2D eigenvalue weighted by Crippen LogP contribution is 2.28. The summed E-state index contributed by atoms with van der Waals surface area (Å²) in [4.78, 5) is 8.58. The summed E-state index contributed by atoms with van der Waals surface area (Å²) in [7, 11) is 0. The van der Waals surface area contributed by atoms with E-state index in [4.69, 9.17) is 10.3 Å². The van der Waals surface area contributed by atoms with Gasteiger partial charge in [-0.1, -0.05) is 12.1 Å². The van der Waals surface area contributed by atoms with Crippen LogP contribution in [0.25, 0.3) is 22.8 Å². The normalized spacial score (nSPS) is 10.8. The Labute approximate surface area is 130 Å². The maximum absolute atomic E-state index is 5.78. The van der Waals surface area contributed by atoms with Crippen molar-refractivity contribution in [2.75, 3.05) is 5.73 Å². The van der Waals surface area contributed by atoms with Crippen LogP contribution in [0.5, 0.6) is 0 Å². The molecule has 2 N–H and O–H groups in total. The van der Waals surface area contributed by atoms with Gasteiger partial charge < -0.3 is 10.3 Å². The number of rotatable bonds is 3. The second-order valence-corrected chi connectivity index (χ2v) is 5.40. The first-order valence-corrected chi connectivity index (χ1v) is 7.30. The molecule has 5 nitrogen and oxygen atoms in total. The first kappa shape index (κ1) is 13.8. The van der Waals surface area contributed by atoms with Crippen molar-refractivity contribution in [1.29, 1.82) is 0 Å². The Morgan fingerprint density at radius 3 is 2.90 bits per heavy atom. The van der Waals surface area contributed by atoms with Gasteiger partial charge in [-0.25, -0.2) is 0 Å². The van der Waals surface area contributed by atoms with E-state index in [0.717, 1.165) is 27.6 Å². The van der Waals surface area contributed by atoms with E-state index in [-0.39, 0.29) is 0 Å². The van der Waals surface area contributed by atoms with E-state index in [0.29, 0.717) is 17.4 Å². The SMILES string of the molecule is CCc1cnccc1-c1noc(-c2ccc(N)c(Br)c2)n1. The Hall–Kier alpha value is -2.21. The van der Waals surface area contributed by atoms with Crippen LogP contribution in [-0.4, -0.2) is 15.1 Å². The predicted octanol–water partition coefficient (Wildman–Crippen LogP) is 3.71. The molecule has 0 atom stereocenters. The molecule has 106 valence electrons. The minimum absolute atomic E-state index is 0.463. The summed E-state index contributed by atoms with van der Waals surface area (Å²) < 4.78 is 6.16. The lowest BCUT2D eigenvalue weighted by atomic mass is 10.1. The molecule has 0 spiro atoms. The highest BCUT2D eigenvalue weighted by molar-refractivity contribution is 9.10. The van der Waals surface area contributed by atoms with Gasteiger partial charge in [0.05, 0.1) is 0 Å². The third kappa shape index (κ3) is 2.67. The summed E-state index contributed by atoms with van der Waals surface area (Å²) in [5, 5.41) is 4.06. The quantitative estimate of drug-likeness (QED) is 0.732. The molecule has 0 bridgehead atoms. The molecule has 3 rings (SSSR count). The molecule has 21 heavy (non-hydrogen) atoms. The first-order valence-electron chi connectivity index (χ1n) is 6.51. The fraction of sp³-hybridized carbons (Fsp3) is 0.133. The van der Waals surface area contributed by atoms with Crippen LogP contribution < -0.4 is 5.73 Å². The molecule has 0 aliphatic heterocycles. The van der Waals surface area contributed by atoms with Crippen molar-refractivity contribution in [3.63, 3.8) is 0 Å². The zero-order valence-electron chi connectivity index (χ0n) is 11.4. The van der Waals surface area contributed by atoms with E-state index < -0.39 is 0 Å². The van der Waals surface area contributed by atoms with Crippen LogP contribution in [0.4, 0.5) is 5.69 Å². The molecule has 0 saturated carbocycles. The number of halogens is 1. The predicted molar refractivity (Wildman–Crippen MR) is 84.5 cm³/mol. The van der Waals surface area contributed by atoms with Gasteiger partial charge in [0, 0.05) is 33.7 Å². The number of nitrogens with zero attached hydrogens (tertiary/aromatic N) is 3. The lowest BCUT2D eigenvalue weighted by molar-refractivity contribution is 0.432. The van der Waals surface area contributed by atoms with Crippen LogP contribution >= 0.6 is 15.9 Å². The zero-order chi connectivity index (χ0) is 14.8. The first-order chi connectivity index (χ1) is 10.2. The molecule has 0 radical (unpaired) electrons. The van der Waals surface area contributed by atoms with Gasteiger partial charge in [0.25, 0.3) is 5.89 Å². The summed E-state index contributed by atoms with van der Waals surface area (Å²) in [6.07, 6.45) is 4.41. The van der Waals surface area contributed by atoms with Crippen molar-refractivity contribution in [3.8, 4) is 22.8 Å². The Morgan fingerprint density at radius 1 is 1.29 bits per heavy atom. The van der Waals surface area contributed by atoms with Crippen LogP contribution in [0.1, 0.15) is 12.5 Å². The summed E-state index contributed by atoms with van der Waals surface area (Å²) in [6.45, 7) is 2.07. The topological polar surface area (TPSA) is 77.8 Å². The number of benzene rings is 1. The molecule has 6 heteroatoms. The highest BCUT2D eigenvalue weighted by Gasteiger charge is 2.13. The van der Waals surface area contributed by atoms with Gasteiger partial charge in [-0.15, -0.1) is 0 Å². The van der Waals surface area contributed by atoms with Crippen molar-refractivity contribution in [3.05, 3.63) is 46.7 Å². The van der Waals surface area contributed by atoms with E-state index >= 15 is 0 Å². The Bertz CT molecular complexity index is 785. The monoisotopic (exact) mass is 344 g/mol. The minimum atomic E-state index is 0.463. The van der Waals surface area contributed by atoms with Crippen molar-refractivity contribution >= 4 is 21.6 Å². The van der Waals surface area contributed by atoms with Gasteiger partial charge in [0.15, 0.2) is 0 Å². The standard InChI is InChI=1S/C15H13BrN4O/c1-2-9-8-18-6-5-11(9)14-19-15(21-20-14)10-3-4-13(17)12(16)7-10/h3-8H,2,17H2,1H3. The van der Waals surface area contributed by atoms with Crippen LogP contribution in [-0.2, 0) is 6.42 Å². The molecule has 0 fully saturated rings. The Balaban J connectivity index is 2.01. The highest BCUT2D eigenvalue weighted by atomic mass is 79.9. The van der Waals surface area contributed by atoms with Crippen molar-refractivity contribution in [2.45, 2.75) is 13.3 Å². The minimum Gasteiger partial charge on any atom is -0.398 e. The summed E-state index contributed by atoms with van der Waals surface area (Å²) in [5.74, 6) is 1.03. The van der Waals surface area contributed by atoms with E-state index in [9.17, 15) is 0 Å². The van der Waals surface area contributed by atoms with E-state index in [1.54, 1.807) is 12.3 Å². The fourth-order valence-electron chi connectivity index (χ4n) is 2.04. The summed E-state index contributed by atoms with van der Waals surface area (Å²) in [5.41, 5.74) is 9.30. The molecular weight excluding hydrogens is 332 g/mol. The van der Waals surface area contributed by atoms with Crippen LogP contribution in [0, 0.1) is 0 Å². The largest absolute Gasteiger partial charge is 0.398 e. The molecule has 3 aromatic rings. The average molecular weight is 345 g/mol. The number of aryl methyl sites for hydroxylation is 1. The number of hydrogen-bond acceptors (Lipinski definition) is 5. The molecule has 0 aliphatic rings. The van der Waals surface area contributed by atoms with Crippen molar-refractivity contribution in [1.82, 2.24) is 15.1 Å². The number of hydrogen-bond donors (Lipinski definition) is 1. The second kappa shape index (κ2) is 5.65. The van der Waals surface area contributed by atoms with Gasteiger partial charge in [0.2, 0.25) is 5.82 Å². The number of aromatic nitrogens is 3. The second-order valence-electron chi connectivity index (χ2n) is 4.55.